The molecular formula is C26H36F3N3O3Si. The second-order valence-electron chi connectivity index (χ2n) is 11.1. The molecule has 1 saturated carbocycles. The number of nitrogens with zero attached hydrogens (tertiary/aromatic N) is 3. The minimum Gasteiger partial charge on any atom is -0.381 e. The Balaban J connectivity index is 1.47. The highest BCUT2D eigenvalue weighted by Crippen LogP contribution is 2.35. The Morgan fingerprint density at radius 3 is 2.47 bits per heavy atom. The molecule has 0 N–H and O–H groups in total. The van der Waals surface area contributed by atoms with Crippen molar-refractivity contribution in [3.8, 4) is 0 Å². The third-order valence-electron chi connectivity index (χ3n) is 6.99. The molecule has 0 unspecified atom stereocenters. The van der Waals surface area contributed by atoms with E-state index in [2.05, 4.69) is 29.2 Å². The number of hydrogen-bond donors (Lipinski definition) is 0. The van der Waals surface area contributed by atoms with E-state index in [0.29, 0.717) is 18.7 Å². The van der Waals surface area contributed by atoms with E-state index in [1.807, 2.05) is 23.0 Å². The molecule has 1 fully saturated rings. The summed E-state index contributed by atoms with van der Waals surface area (Å²) in [4.78, 5) is 17.3. The molecule has 0 bridgehead atoms. The Bertz CT molecular complexity index is 1220. The molecule has 3 heterocycles. The highest BCUT2D eigenvalue weighted by atomic mass is 28.3. The van der Waals surface area contributed by atoms with E-state index in [0.717, 1.165) is 54.9 Å². The van der Waals surface area contributed by atoms with E-state index in [-0.39, 0.29) is 24.0 Å². The molecule has 6 nitrogen and oxygen atoms in total. The average Bonchev–Trinajstić information content (AvgIpc) is 3.22. The molecule has 0 atom stereocenters. The van der Waals surface area contributed by atoms with Gasteiger partial charge in [0, 0.05) is 57.4 Å². The largest absolute Gasteiger partial charge is 0.391 e. The summed E-state index contributed by atoms with van der Waals surface area (Å²) in [7, 11) is -1.17. The molecule has 4 rings (SSSR count). The van der Waals surface area contributed by atoms with Crippen molar-refractivity contribution in [1.82, 2.24) is 14.1 Å². The van der Waals surface area contributed by atoms with E-state index in [1.165, 1.54) is 0 Å². The van der Waals surface area contributed by atoms with Crippen LogP contribution in [0.2, 0.25) is 25.7 Å². The van der Waals surface area contributed by atoms with Crippen molar-refractivity contribution in [3.63, 3.8) is 0 Å². The van der Waals surface area contributed by atoms with Crippen LogP contribution < -0.4 is 5.43 Å². The van der Waals surface area contributed by atoms with E-state index >= 15 is 0 Å². The zero-order valence-corrected chi connectivity index (χ0v) is 22.3. The smallest absolute Gasteiger partial charge is 0.381 e. The van der Waals surface area contributed by atoms with Gasteiger partial charge in [-0.05, 0) is 43.7 Å². The van der Waals surface area contributed by atoms with Gasteiger partial charge in [0.15, 0.2) is 5.43 Å². The lowest BCUT2D eigenvalue weighted by Gasteiger charge is -2.31. The van der Waals surface area contributed by atoms with Crippen LogP contribution in [0.4, 0.5) is 13.2 Å². The van der Waals surface area contributed by atoms with Gasteiger partial charge in [-0.1, -0.05) is 19.6 Å². The lowest BCUT2D eigenvalue weighted by atomic mass is 9.86. The van der Waals surface area contributed by atoms with Gasteiger partial charge < -0.3 is 18.6 Å². The summed E-state index contributed by atoms with van der Waals surface area (Å²) in [5, 5.41) is 1.52. The van der Waals surface area contributed by atoms with Gasteiger partial charge >= 0.3 is 6.18 Å². The van der Waals surface area contributed by atoms with Gasteiger partial charge in [0.1, 0.15) is 12.4 Å². The highest BCUT2D eigenvalue weighted by Gasteiger charge is 2.28. The van der Waals surface area contributed by atoms with E-state index < -0.39 is 20.7 Å². The van der Waals surface area contributed by atoms with Crippen LogP contribution in [-0.4, -0.2) is 48.2 Å². The SMILES string of the molecule is C[Si](C)(C)CCOCn1ccc2c1ncc1c(=O)ccn([C@H]3CC[C@H](COCCC(F)(F)F)CC3)c12. The highest BCUT2D eigenvalue weighted by molar-refractivity contribution is 6.76. The number of pyridine rings is 2. The lowest BCUT2D eigenvalue weighted by Crippen LogP contribution is -2.23. The Hall–Kier alpha value is -2.17. The Morgan fingerprint density at radius 2 is 1.78 bits per heavy atom. The molecule has 1 aliphatic rings. The van der Waals surface area contributed by atoms with Crippen LogP contribution in [0.3, 0.4) is 0 Å². The quantitative estimate of drug-likeness (QED) is 0.229. The molecule has 1 aliphatic carbocycles. The number of fused-ring (bicyclic) bond motifs is 3. The maximum atomic E-state index is 12.7. The van der Waals surface area contributed by atoms with Crippen molar-refractivity contribution < 1.29 is 22.6 Å². The van der Waals surface area contributed by atoms with Gasteiger partial charge in [0.2, 0.25) is 0 Å². The molecule has 0 radical (unpaired) electrons. The van der Waals surface area contributed by atoms with Crippen LogP contribution in [0.25, 0.3) is 21.9 Å². The van der Waals surface area contributed by atoms with Gasteiger partial charge in [-0.3, -0.25) is 4.79 Å². The first kappa shape index (κ1) is 26.9. The fourth-order valence-electron chi connectivity index (χ4n) is 4.87. The molecule has 0 aromatic carbocycles. The van der Waals surface area contributed by atoms with Crippen LogP contribution in [-0.2, 0) is 16.2 Å². The summed E-state index contributed by atoms with van der Waals surface area (Å²) in [6.45, 7) is 8.19. The van der Waals surface area contributed by atoms with Crippen LogP contribution in [0.15, 0.2) is 35.5 Å². The summed E-state index contributed by atoms with van der Waals surface area (Å²) in [5.74, 6) is 0.260. The summed E-state index contributed by atoms with van der Waals surface area (Å²) in [6.07, 6.45) is 3.94. The van der Waals surface area contributed by atoms with Gasteiger partial charge in [-0.15, -0.1) is 0 Å². The number of ether oxygens (including phenoxy) is 2. The molecule has 0 saturated heterocycles. The third-order valence-corrected chi connectivity index (χ3v) is 8.69. The maximum absolute atomic E-state index is 12.7. The predicted molar refractivity (Wildman–Crippen MR) is 138 cm³/mol. The normalized spacial score (nSPS) is 19.4. The van der Waals surface area contributed by atoms with E-state index in [1.54, 1.807) is 12.3 Å². The number of alkyl halides is 3. The summed E-state index contributed by atoms with van der Waals surface area (Å²) < 4.78 is 52.4. The molecule has 10 heteroatoms. The van der Waals surface area contributed by atoms with Gasteiger partial charge in [0.05, 0.1) is 23.9 Å². The fraction of sp³-hybridized carbons (Fsp3) is 0.615. The second-order valence-corrected chi connectivity index (χ2v) is 16.7. The Kier molecular flexibility index (Phi) is 8.26. The molecule has 36 heavy (non-hydrogen) atoms. The van der Waals surface area contributed by atoms with Crippen LogP contribution in [0.5, 0.6) is 0 Å². The monoisotopic (exact) mass is 523 g/mol. The summed E-state index contributed by atoms with van der Waals surface area (Å²) in [6, 6.07) is 4.90. The topological polar surface area (TPSA) is 58.3 Å². The van der Waals surface area contributed by atoms with Crippen LogP contribution in [0, 0.1) is 5.92 Å². The molecule has 198 valence electrons. The fourth-order valence-corrected chi connectivity index (χ4v) is 5.63. The van der Waals surface area contributed by atoms with Crippen molar-refractivity contribution in [2.45, 2.75) is 76.7 Å². The Morgan fingerprint density at radius 1 is 1.03 bits per heavy atom. The predicted octanol–water partition coefficient (Wildman–Crippen LogP) is 6.36. The van der Waals surface area contributed by atoms with Crippen LogP contribution in [0.1, 0.15) is 38.1 Å². The maximum Gasteiger partial charge on any atom is 0.391 e. The third kappa shape index (κ3) is 6.77. The standard InChI is InChI=1S/C26H36F3N3O3Si/c1-36(2,3)15-14-35-18-31-11-8-21-24-22(16-30-25(21)31)23(33)9-12-32(24)20-6-4-19(5-7-20)17-34-13-10-26(27,28)29/h8-9,11-12,16,19-20H,4-7,10,13-15,17-18H2,1-3H3/t19-,20-. The van der Waals surface area contributed by atoms with Gasteiger partial charge in [-0.25, -0.2) is 4.98 Å². The molecule has 0 aliphatic heterocycles. The molecule has 0 amide bonds. The van der Waals surface area contributed by atoms with Gasteiger partial charge in [0.25, 0.3) is 0 Å². The second kappa shape index (κ2) is 11.1. The van der Waals surface area contributed by atoms with Crippen LogP contribution >= 0.6 is 0 Å². The lowest BCUT2D eigenvalue weighted by molar-refractivity contribution is -0.146. The van der Waals surface area contributed by atoms with Crippen molar-refractivity contribution in [3.05, 3.63) is 40.9 Å². The first-order valence-corrected chi connectivity index (χ1v) is 16.4. The van der Waals surface area contributed by atoms with Crippen molar-refractivity contribution >= 4 is 30.0 Å². The molecule has 3 aromatic rings. The van der Waals surface area contributed by atoms with Crippen molar-refractivity contribution in [1.29, 1.82) is 0 Å². The zero-order chi connectivity index (χ0) is 25.9. The van der Waals surface area contributed by atoms with Crippen molar-refractivity contribution in [2.75, 3.05) is 19.8 Å². The number of rotatable bonds is 10. The first-order valence-electron chi connectivity index (χ1n) is 12.7. The molecule has 3 aromatic heterocycles. The molecular weight excluding hydrogens is 487 g/mol. The average molecular weight is 524 g/mol. The van der Waals surface area contributed by atoms with Gasteiger partial charge in [-0.2, -0.15) is 13.2 Å². The number of hydrogen-bond acceptors (Lipinski definition) is 4. The van der Waals surface area contributed by atoms with Crippen molar-refractivity contribution in [2.24, 2.45) is 5.92 Å². The number of halogens is 3. The number of aromatic nitrogens is 3. The summed E-state index contributed by atoms with van der Waals surface area (Å²) in [5.41, 5.74) is 1.63. The zero-order valence-electron chi connectivity index (χ0n) is 21.3. The molecule has 0 spiro atoms. The van der Waals surface area contributed by atoms with E-state index in [4.69, 9.17) is 9.47 Å². The minimum atomic E-state index is -4.18. The van der Waals surface area contributed by atoms with E-state index in [9.17, 15) is 18.0 Å². The Labute approximate surface area is 210 Å². The first-order chi connectivity index (χ1) is 17.0. The summed E-state index contributed by atoms with van der Waals surface area (Å²) >= 11 is 0. The minimum absolute atomic E-state index is 0.0541.